The van der Waals surface area contributed by atoms with Crippen LogP contribution in [0.5, 0.6) is 5.75 Å². The van der Waals surface area contributed by atoms with Crippen molar-refractivity contribution in [1.82, 2.24) is 10.2 Å². The Kier molecular flexibility index (Phi) is 6.47. The van der Waals surface area contributed by atoms with Crippen molar-refractivity contribution in [3.8, 4) is 5.75 Å². The first kappa shape index (κ1) is 22.6. The van der Waals surface area contributed by atoms with E-state index in [2.05, 4.69) is 25.7 Å². The van der Waals surface area contributed by atoms with Crippen molar-refractivity contribution in [3.63, 3.8) is 0 Å². The Morgan fingerprint density at radius 3 is 2.57 bits per heavy atom. The van der Waals surface area contributed by atoms with Gasteiger partial charge in [-0.3, -0.25) is 9.59 Å². The lowest BCUT2D eigenvalue weighted by Gasteiger charge is -2.18. The van der Waals surface area contributed by atoms with Gasteiger partial charge in [-0.1, -0.05) is 6.07 Å². The Morgan fingerprint density at radius 1 is 1.03 bits per heavy atom. The number of benzene rings is 2. The van der Waals surface area contributed by atoms with Crippen molar-refractivity contribution in [2.45, 2.75) is 19.3 Å². The number of methoxy groups -OCH3 is 1. The molecule has 0 spiro atoms. The lowest BCUT2D eigenvalue weighted by atomic mass is 10.1. The smallest absolute Gasteiger partial charge is 0.229 e. The Morgan fingerprint density at radius 2 is 1.80 bits per heavy atom. The second-order valence-electron chi connectivity index (χ2n) is 8.79. The summed E-state index contributed by atoms with van der Waals surface area (Å²) >= 11 is 0. The highest BCUT2D eigenvalue weighted by Gasteiger charge is 2.35. The van der Waals surface area contributed by atoms with Gasteiger partial charge in [-0.25, -0.2) is 0 Å². The summed E-state index contributed by atoms with van der Waals surface area (Å²) < 4.78 is 5.25. The molecule has 2 saturated heterocycles. The van der Waals surface area contributed by atoms with E-state index in [1.54, 1.807) is 24.3 Å². The number of hydrogen-bond acceptors (Lipinski definition) is 7. The van der Waals surface area contributed by atoms with Gasteiger partial charge in [-0.05, 0) is 49.2 Å². The van der Waals surface area contributed by atoms with Gasteiger partial charge in [0.05, 0.1) is 24.9 Å². The van der Waals surface area contributed by atoms with Gasteiger partial charge in [-0.2, -0.15) is 5.10 Å². The van der Waals surface area contributed by atoms with E-state index in [1.807, 2.05) is 48.5 Å². The van der Waals surface area contributed by atoms with E-state index < -0.39 is 5.92 Å². The van der Waals surface area contributed by atoms with Gasteiger partial charge in [0.25, 0.3) is 0 Å². The molecule has 5 rings (SSSR count). The summed E-state index contributed by atoms with van der Waals surface area (Å²) in [4.78, 5) is 29.3. The fraction of sp³-hybridized carbons (Fsp3) is 0.308. The third-order valence-corrected chi connectivity index (χ3v) is 6.40. The normalized spacial score (nSPS) is 17.5. The second kappa shape index (κ2) is 10.0. The molecule has 1 atom stereocenters. The molecule has 0 aliphatic carbocycles. The summed E-state index contributed by atoms with van der Waals surface area (Å²) in [6.07, 6.45) is 4.37. The van der Waals surface area contributed by atoms with Crippen LogP contribution in [-0.2, 0) is 9.59 Å². The van der Waals surface area contributed by atoms with E-state index in [-0.39, 0.29) is 18.2 Å². The van der Waals surface area contributed by atoms with E-state index in [0.717, 1.165) is 30.2 Å². The van der Waals surface area contributed by atoms with Crippen LogP contribution in [0.4, 0.5) is 28.6 Å². The molecule has 9 nitrogen and oxygen atoms in total. The minimum atomic E-state index is -0.421. The number of amides is 2. The maximum atomic E-state index is 12.8. The van der Waals surface area contributed by atoms with Crippen molar-refractivity contribution in [3.05, 3.63) is 60.8 Å². The predicted octanol–water partition coefficient (Wildman–Crippen LogP) is 3.82. The third kappa shape index (κ3) is 5.18. The molecule has 180 valence electrons. The van der Waals surface area contributed by atoms with Gasteiger partial charge in [0.2, 0.25) is 11.8 Å². The van der Waals surface area contributed by atoms with Crippen LogP contribution in [0.25, 0.3) is 0 Å². The van der Waals surface area contributed by atoms with Crippen LogP contribution in [0.3, 0.4) is 0 Å². The first-order valence-corrected chi connectivity index (χ1v) is 11.8. The van der Waals surface area contributed by atoms with E-state index in [1.165, 1.54) is 12.8 Å². The molecule has 2 N–H and O–H groups in total. The molecule has 2 aromatic carbocycles. The number of nitrogens with zero attached hydrogens (tertiary/aromatic N) is 4. The number of rotatable bonds is 7. The van der Waals surface area contributed by atoms with Crippen LogP contribution in [-0.4, -0.2) is 48.8 Å². The van der Waals surface area contributed by atoms with Gasteiger partial charge in [0.1, 0.15) is 5.75 Å². The van der Waals surface area contributed by atoms with Crippen molar-refractivity contribution in [2.24, 2.45) is 5.92 Å². The molecule has 3 heterocycles. The molecule has 2 aliphatic rings. The number of hydrogen-bond donors (Lipinski definition) is 2. The van der Waals surface area contributed by atoms with Crippen LogP contribution in [0, 0.1) is 5.92 Å². The molecule has 9 heteroatoms. The molecule has 2 fully saturated rings. The average molecular weight is 473 g/mol. The summed E-state index contributed by atoms with van der Waals surface area (Å²) in [5.41, 5.74) is 3.32. The number of nitrogens with one attached hydrogen (secondary N) is 2. The molecule has 1 aromatic heterocycles. The van der Waals surface area contributed by atoms with Crippen LogP contribution < -0.4 is 25.2 Å². The first-order chi connectivity index (χ1) is 17.1. The van der Waals surface area contributed by atoms with Crippen molar-refractivity contribution >= 4 is 40.4 Å². The molecule has 0 bridgehead atoms. The van der Waals surface area contributed by atoms with Gasteiger partial charge in [0.15, 0.2) is 5.82 Å². The monoisotopic (exact) mass is 472 g/mol. The zero-order chi connectivity index (χ0) is 24.2. The molecule has 0 radical (unpaired) electrons. The van der Waals surface area contributed by atoms with Gasteiger partial charge >= 0.3 is 0 Å². The number of carbonyl (C=O) groups is 2. The number of ether oxygens (including phenoxy) is 1. The van der Waals surface area contributed by atoms with E-state index in [9.17, 15) is 9.59 Å². The molecular formula is C26H28N6O3. The van der Waals surface area contributed by atoms with Crippen LogP contribution in [0.15, 0.2) is 60.8 Å². The zero-order valence-electron chi connectivity index (χ0n) is 19.6. The zero-order valence-corrected chi connectivity index (χ0v) is 19.6. The van der Waals surface area contributed by atoms with Crippen LogP contribution >= 0.6 is 0 Å². The minimum absolute atomic E-state index is 0.0739. The molecule has 35 heavy (non-hydrogen) atoms. The highest BCUT2D eigenvalue weighted by molar-refractivity contribution is 6.03. The standard InChI is InChI=1S/C26H28N6O3/c1-35-23-6-4-5-21(14-23)32-17-18(13-25(32)33)26(34)29-20-9-7-19(8-10-20)28-24-15-22(16-27-30-24)31-11-2-3-12-31/h4-10,14-16,18H,2-3,11-13,17H2,1H3,(H,28,30)(H,29,34). The first-order valence-electron chi connectivity index (χ1n) is 11.8. The Balaban J connectivity index is 1.18. The quantitative estimate of drug-likeness (QED) is 0.539. The SMILES string of the molecule is COc1cccc(N2CC(C(=O)Nc3ccc(Nc4cc(N5CCCC5)cnn4)cc3)CC2=O)c1. The van der Waals surface area contributed by atoms with Crippen LogP contribution in [0.2, 0.25) is 0 Å². The lowest BCUT2D eigenvalue weighted by Crippen LogP contribution is -2.28. The maximum Gasteiger partial charge on any atom is 0.229 e. The fourth-order valence-corrected chi connectivity index (χ4v) is 4.51. The highest BCUT2D eigenvalue weighted by Crippen LogP contribution is 2.29. The van der Waals surface area contributed by atoms with Gasteiger partial charge < -0.3 is 25.2 Å². The van der Waals surface area contributed by atoms with Crippen molar-refractivity contribution in [1.29, 1.82) is 0 Å². The molecule has 2 aliphatic heterocycles. The number of carbonyl (C=O) groups excluding carboxylic acids is 2. The summed E-state index contributed by atoms with van der Waals surface area (Å²) in [6.45, 7) is 2.43. The third-order valence-electron chi connectivity index (χ3n) is 6.40. The summed E-state index contributed by atoms with van der Waals surface area (Å²) in [5.74, 6) is 0.679. The largest absolute Gasteiger partial charge is 0.497 e. The second-order valence-corrected chi connectivity index (χ2v) is 8.79. The number of anilines is 5. The van der Waals surface area contributed by atoms with Gasteiger partial charge in [0, 0.05) is 55.2 Å². The summed E-state index contributed by atoms with van der Waals surface area (Å²) in [5, 5.41) is 14.5. The van der Waals surface area contributed by atoms with Gasteiger partial charge in [-0.15, -0.1) is 5.10 Å². The molecule has 3 aromatic rings. The summed E-state index contributed by atoms with van der Waals surface area (Å²) in [7, 11) is 1.58. The topological polar surface area (TPSA) is 99.7 Å². The van der Waals surface area contributed by atoms with Crippen molar-refractivity contribution < 1.29 is 14.3 Å². The van der Waals surface area contributed by atoms with E-state index in [0.29, 0.717) is 23.8 Å². The fourth-order valence-electron chi connectivity index (χ4n) is 4.51. The molecule has 2 amide bonds. The van der Waals surface area contributed by atoms with E-state index in [4.69, 9.17) is 4.74 Å². The number of aromatic nitrogens is 2. The Labute approximate surface area is 204 Å². The maximum absolute atomic E-state index is 12.8. The Bertz CT molecular complexity index is 1210. The minimum Gasteiger partial charge on any atom is -0.497 e. The molecule has 0 saturated carbocycles. The molecular weight excluding hydrogens is 444 g/mol. The van der Waals surface area contributed by atoms with Crippen LogP contribution in [0.1, 0.15) is 19.3 Å². The lowest BCUT2D eigenvalue weighted by molar-refractivity contribution is -0.122. The van der Waals surface area contributed by atoms with E-state index >= 15 is 0 Å². The molecule has 1 unspecified atom stereocenters. The Hall–Kier alpha value is -4.14. The summed E-state index contributed by atoms with van der Waals surface area (Å²) in [6, 6.07) is 16.7. The predicted molar refractivity (Wildman–Crippen MR) is 135 cm³/mol. The highest BCUT2D eigenvalue weighted by atomic mass is 16.5. The average Bonchev–Trinajstić information content (AvgIpc) is 3.56. The van der Waals surface area contributed by atoms with Crippen molar-refractivity contribution in [2.75, 3.05) is 47.2 Å².